The van der Waals surface area contributed by atoms with E-state index in [1.54, 1.807) is 29.3 Å². The SMILES string of the molecule is O=C(ON1CCC(Oc2cccc([N+](=O)[O-])c2F)CC1)c1ccccc1. The summed E-state index contributed by atoms with van der Waals surface area (Å²) in [5.74, 6) is -1.55. The number of nitro groups is 1. The lowest BCUT2D eigenvalue weighted by atomic mass is 10.1. The van der Waals surface area contributed by atoms with Crippen LogP contribution < -0.4 is 4.74 Å². The van der Waals surface area contributed by atoms with Gasteiger partial charge in [-0.1, -0.05) is 24.3 Å². The third-order valence-electron chi connectivity index (χ3n) is 4.06. The van der Waals surface area contributed by atoms with E-state index < -0.39 is 22.4 Å². The minimum atomic E-state index is -0.976. The van der Waals surface area contributed by atoms with Gasteiger partial charge >= 0.3 is 11.7 Å². The number of halogens is 1. The Morgan fingerprint density at radius 3 is 2.46 bits per heavy atom. The van der Waals surface area contributed by atoms with Crippen LogP contribution in [0.25, 0.3) is 0 Å². The third-order valence-corrected chi connectivity index (χ3v) is 4.06. The summed E-state index contributed by atoms with van der Waals surface area (Å²) in [6.45, 7) is 0.861. The van der Waals surface area contributed by atoms with E-state index in [9.17, 15) is 19.3 Å². The van der Waals surface area contributed by atoms with Gasteiger partial charge in [-0.3, -0.25) is 10.1 Å². The zero-order chi connectivity index (χ0) is 18.5. The molecular weight excluding hydrogens is 343 g/mol. The lowest BCUT2D eigenvalue weighted by Gasteiger charge is -2.30. The monoisotopic (exact) mass is 360 g/mol. The first-order chi connectivity index (χ1) is 12.5. The molecule has 1 aliphatic rings. The highest BCUT2D eigenvalue weighted by atomic mass is 19.1. The first-order valence-corrected chi connectivity index (χ1v) is 8.16. The van der Waals surface area contributed by atoms with Gasteiger partial charge in [0.2, 0.25) is 5.82 Å². The molecule has 26 heavy (non-hydrogen) atoms. The van der Waals surface area contributed by atoms with Gasteiger partial charge in [-0.15, -0.1) is 5.06 Å². The van der Waals surface area contributed by atoms with E-state index in [1.807, 2.05) is 6.07 Å². The van der Waals surface area contributed by atoms with Crippen molar-refractivity contribution in [3.05, 3.63) is 70.0 Å². The predicted octanol–water partition coefficient (Wildman–Crippen LogP) is 3.35. The van der Waals surface area contributed by atoms with Gasteiger partial charge in [-0.2, -0.15) is 4.39 Å². The highest BCUT2D eigenvalue weighted by Crippen LogP contribution is 2.28. The molecule has 2 aromatic rings. The van der Waals surface area contributed by atoms with Crippen LogP contribution in [0.4, 0.5) is 10.1 Å². The number of nitro benzene ring substituents is 1. The van der Waals surface area contributed by atoms with Crippen LogP contribution in [-0.4, -0.2) is 35.1 Å². The maximum atomic E-state index is 14.1. The fraction of sp³-hybridized carbons (Fsp3) is 0.278. The zero-order valence-electron chi connectivity index (χ0n) is 13.8. The second-order valence-corrected chi connectivity index (χ2v) is 5.84. The molecule has 1 fully saturated rings. The number of carbonyl (C=O) groups excluding carboxylic acids is 1. The Morgan fingerprint density at radius 1 is 1.12 bits per heavy atom. The summed E-state index contributed by atoms with van der Waals surface area (Å²) in [6, 6.07) is 12.5. The molecule has 1 heterocycles. The van der Waals surface area contributed by atoms with Gasteiger partial charge in [0.05, 0.1) is 10.5 Å². The molecule has 0 atom stereocenters. The molecule has 0 spiro atoms. The summed E-state index contributed by atoms with van der Waals surface area (Å²) in [5, 5.41) is 12.3. The van der Waals surface area contributed by atoms with Crippen LogP contribution in [0.15, 0.2) is 48.5 Å². The first-order valence-electron chi connectivity index (χ1n) is 8.16. The van der Waals surface area contributed by atoms with Crippen LogP contribution in [0.5, 0.6) is 5.75 Å². The number of rotatable bonds is 5. The van der Waals surface area contributed by atoms with Crippen LogP contribution in [-0.2, 0) is 4.84 Å². The summed E-state index contributed by atoms with van der Waals surface area (Å²) in [5.41, 5.74) is -0.152. The molecule has 3 rings (SSSR count). The van der Waals surface area contributed by atoms with Gasteiger partial charge in [0.15, 0.2) is 5.75 Å². The maximum absolute atomic E-state index is 14.1. The van der Waals surface area contributed by atoms with Gasteiger partial charge in [-0.25, -0.2) is 4.79 Å². The number of hydrogen-bond donors (Lipinski definition) is 0. The van der Waals surface area contributed by atoms with Crippen LogP contribution in [0.2, 0.25) is 0 Å². The molecule has 2 aromatic carbocycles. The van der Waals surface area contributed by atoms with Crippen molar-refractivity contribution in [3.63, 3.8) is 0 Å². The fourth-order valence-corrected chi connectivity index (χ4v) is 2.70. The summed E-state index contributed by atoms with van der Waals surface area (Å²) in [6.07, 6.45) is 0.701. The van der Waals surface area contributed by atoms with Crippen molar-refractivity contribution >= 4 is 11.7 Å². The van der Waals surface area contributed by atoms with Crippen LogP contribution >= 0.6 is 0 Å². The highest BCUT2D eigenvalue weighted by molar-refractivity contribution is 5.89. The Bertz CT molecular complexity index is 791. The van der Waals surface area contributed by atoms with Crippen LogP contribution in [0, 0.1) is 15.9 Å². The smallest absolute Gasteiger partial charge is 0.357 e. The zero-order valence-corrected chi connectivity index (χ0v) is 13.8. The minimum Gasteiger partial charge on any atom is -0.487 e. The molecule has 0 aliphatic carbocycles. The number of piperidine rings is 1. The molecule has 0 amide bonds. The van der Waals surface area contributed by atoms with Crippen molar-refractivity contribution < 1.29 is 23.7 Å². The Hall–Kier alpha value is -3.00. The van der Waals surface area contributed by atoms with Crippen molar-refractivity contribution in [3.8, 4) is 5.75 Å². The number of hydroxylamine groups is 2. The van der Waals surface area contributed by atoms with Crippen LogP contribution in [0.3, 0.4) is 0 Å². The quantitative estimate of drug-likeness (QED) is 0.601. The van der Waals surface area contributed by atoms with Gasteiger partial charge in [0.25, 0.3) is 0 Å². The predicted molar refractivity (Wildman–Crippen MR) is 90.1 cm³/mol. The van der Waals surface area contributed by atoms with Crippen molar-refractivity contribution in [1.29, 1.82) is 0 Å². The topological polar surface area (TPSA) is 81.9 Å². The third kappa shape index (κ3) is 4.15. The van der Waals surface area contributed by atoms with E-state index in [0.717, 1.165) is 6.07 Å². The minimum absolute atomic E-state index is 0.140. The summed E-state index contributed by atoms with van der Waals surface area (Å²) < 4.78 is 19.6. The van der Waals surface area contributed by atoms with Gasteiger partial charge in [-0.05, 0) is 18.2 Å². The van der Waals surface area contributed by atoms with E-state index >= 15 is 0 Å². The first kappa shape index (κ1) is 17.8. The summed E-state index contributed by atoms with van der Waals surface area (Å²) in [7, 11) is 0. The van der Waals surface area contributed by atoms with Gasteiger partial charge < -0.3 is 9.57 Å². The Morgan fingerprint density at radius 2 is 1.81 bits per heavy atom. The number of carbonyl (C=O) groups is 1. The molecule has 0 N–H and O–H groups in total. The summed E-state index contributed by atoms with van der Waals surface area (Å²) in [4.78, 5) is 27.3. The van der Waals surface area contributed by atoms with E-state index in [4.69, 9.17) is 9.57 Å². The molecule has 0 aromatic heterocycles. The molecule has 1 saturated heterocycles. The molecule has 1 aliphatic heterocycles. The highest BCUT2D eigenvalue weighted by Gasteiger charge is 2.26. The fourth-order valence-electron chi connectivity index (χ4n) is 2.70. The second kappa shape index (κ2) is 7.92. The number of benzene rings is 2. The Balaban J connectivity index is 1.54. The van der Waals surface area contributed by atoms with E-state index in [0.29, 0.717) is 31.5 Å². The van der Waals surface area contributed by atoms with Crippen molar-refractivity contribution in [2.45, 2.75) is 18.9 Å². The Kier molecular flexibility index (Phi) is 5.43. The van der Waals surface area contributed by atoms with E-state index in [-0.39, 0.29) is 11.9 Å². The van der Waals surface area contributed by atoms with Gasteiger partial charge in [0.1, 0.15) is 6.10 Å². The lowest BCUT2D eigenvalue weighted by Crippen LogP contribution is -2.39. The number of ether oxygens (including phenoxy) is 1. The van der Waals surface area contributed by atoms with E-state index in [1.165, 1.54) is 12.1 Å². The second-order valence-electron chi connectivity index (χ2n) is 5.84. The lowest BCUT2D eigenvalue weighted by molar-refractivity contribution is -0.387. The molecular formula is C18H17FN2O5. The molecule has 0 bridgehead atoms. The molecule has 8 heteroatoms. The van der Waals surface area contributed by atoms with Crippen molar-refractivity contribution in [2.24, 2.45) is 0 Å². The molecule has 0 saturated carbocycles. The number of hydrogen-bond acceptors (Lipinski definition) is 6. The van der Waals surface area contributed by atoms with Crippen molar-refractivity contribution in [1.82, 2.24) is 5.06 Å². The van der Waals surface area contributed by atoms with Crippen LogP contribution in [0.1, 0.15) is 23.2 Å². The largest absolute Gasteiger partial charge is 0.487 e. The molecule has 0 radical (unpaired) electrons. The van der Waals surface area contributed by atoms with Crippen molar-refractivity contribution in [2.75, 3.05) is 13.1 Å². The molecule has 7 nitrogen and oxygen atoms in total. The average molecular weight is 360 g/mol. The maximum Gasteiger partial charge on any atom is 0.357 e. The standard InChI is InChI=1S/C18H17FN2O5/c19-17-15(21(23)24)7-4-8-16(17)25-14-9-11-20(12-10-14)26-18(22)13-5-2-1-3-6-13/h1-8,14H,9-12H2. The normalized spacial score (nSPS) is 15.4. The summed E-state index contributed by atoms with van der Waals surface area (Å²) >= 11 is 0. The molecule has 0 unspecified atom stereocenters. The molecule has 136 valence electrons. The average Bonchev–Trinajstić information content (AvgIpc) is 2.65. The van der Waals surface area contributed by atoms with Gasteiger partial charge in [0, 0.05) is 32.0 Å². The Labute approximate surface area is 149 Å². The van der Waals surface area contributed by atoms with E-state index in [2.05, 4.69) is 0 Å². The number of nitrogens with zero attached hydrogens (tertiary/aromatic N) is 2.